The highest BCUT2D eigenvalue weighted by Gasteiger charge is 2.24. The summed E-state index contributed by atoms with van der Waals surface area (Å²) in [6.07, 6.45) is 3.11. The van der Waals surface area contributed by atoms with E-state index in [2.05, 4.69) is 10.6 Å². The Morgan fingerprint density at radius 3 is 2.44 bits per heavy atom. The number of halogens is 1. The summed E-state index contributed by atoms with van der Waals surface area (Å²) in [6, 6.07) is 8.82. The molecule has 4 N–H and O–H groups in total. The fourth-order valence-corrected chi connectivity index (χ4v) is 4.09. The molecular weight excluding hydrogens is 460 g/mol. The number of ether oxygens (including phenoxy) is 1. The fraction of sp³-hybridized carbons (Fsp3) is 0.417. The number of nitrogens with zero attached hydrogens (tertiary/aromatic N) is 1. The van der Waals surface area contributed by atoms with Crippen LogP contribution in [0.1, 0.15) is 78.9 Å². The molecule has 1 amide bonds. The number of carbonyl (C=O) groups excluding carboxylic acids is 2. The highest BCUT2D eigenvalue weighted by molar-refractivity contribution is 6.31. The molecule has 0 saturated heterocycles. The number of nitro groups is 1. The number of hydrogen-bond acceptors (Lipinski definition) is 7. The molecule has 2 aromatic rings. The van der Waals surface area contributed by atoms with Crippen LogP contribution in [0.15, 0.2) is 36.4 Å². The standard InChI is InChI=1S/C24H29ClN4O5/c1-24(2,3)34-23(31)14-8-10-17(19(25)12-14)21(26)28-22(30)18-13-16(29(32)33)9-11-20(18)27-15-6-4-5-7-15/h8-13,15,21,27H,4-7,26H2,1-3H3,(H,28,30). The van der Waals surface area contributed by atoms with Gasteiger partial charge in [-0.1, -0.05) is 30.5 Å². The summed E-state index contributed by atoms with van der Waals surface area (Å²) in [4.78, 5) is 36.1. The second-order valence-corrected chi connectivity index (χ2v) is 9.71. The average molecular weight is 489 g/mol. The van der Waals surface area contributed by atoms with Gasteiger partial charge in [-0.3, -0.25) is 14.9 Å². The van der Waals surface area contributed by atoms with Crippen molar-refractivity contribution in [3.8, 4) is 0 Å². The number of carbonyl (C=O) groups is 2. The Morgan fingerprint density at radius 2 is 1.85 bits per heavy atom. The number of nitrogens with two attached hydrogens (primary N) is 1. The minimum absolute atomic E-state index is 0.123. The van der Waals surface area contributed by atoms with Gasteiger partial charge in [0, 0.05) is 34.4 Å². The van der Waals surface area contributed by atoms with Gasteiger partial charge in [0.2, 0.25) is 0 Å². The lowest BCUT2D eigenvalue weighted by Gasteiger charge is -2.21. The Bertz CT molecular complexity index is 1090. The minimum Gasteiger partial charge on any atom is -0.456 e. The maximum atomic E-state index is 13.1. The number of nitro benzene ring substituents is 1. The minimum atomic E-state index is -1.01. The van der Waals surface area contributed by atoms with E-state index in [1.54, 1.807) is 26.8 Å². The molecule has 0 bridgehead atoms. The Hall–Kier alpha value is -3.17. The molecule has 10 heteroatoms. The van der Waals surface area contributed by atoms with Gasteiger partial charge in [0.05, 0.1) is 16.1 Å². The van der Waals surface area contributed by atoms with Crippen molar-refractivity contribution in [3.05, 3.63) is 68.2 Å². The van der Waals surface area contributed by atoms with Gasteiger partial charge in [0.25, 0.3) is 11.6 Å². The Kier molecular flexibility index (Phi) is 7.78. The van der Waals surface area contributed by atoms with Crippen LogP contribution < -0.4 is 16.4 Å². The summed E-state index contributed by atoms with van der Waals surface area (Å²) in [7, 11) is 0. The third-order valence-electron chi connectivity index (χ3n) is 5.43. The number of benzene rings is 2. The number of rotatable bonds is 7. The molecule has 182 valence electrons. The van der Waals surface area contributed by atoms with Crippen LogP contribution in [0.4, 0.5) is 11.4 Å². The second kappa shape index (κ2) is 10.4. The predicted molar refractivity (Wildman–Crippen MR) is 130 cm³/mol. The van der Waals surface area contributed by atoms with Crippen LogP contribution >= 0.6 is 11.6 Å². The largest absolute Gasteiger partial charge is 0.456 e. The molecule has 0 heterocycles. The number of amides is 1. The maximum absolute atomic E-state index is 13.1. The molecular formula is C24H29ClN4O5. The van der Waals surface area contributed by atoms with Crippen LogP contribution in [0.25, 0.3) is 0 Å². The Labute approximate surface area is 203 Å². The van der Waals surface area contributed by atoms with E-state index in [1.807, 2.05) is 0 Å². The van der Waals surface area contributed by atoms with E-state index >= 15 is 0 Å². The molecule has 1 unspecified atom stereocenters. The summed E-state index contributed by atoms with van der Waals surface area (Å²) >= 11 is 6.34. The summed E-state index contributed by atoms with van der Waals surface area (Å²) in [5.41, 5.74) is 6.60. The molecule has 3 rings (SSSR count). The van der Waals surface area contributed by atoms with E-state index in [1.165, 1.54) is 30.3 Å². The van der Waals surface area contributed by atoms with Crippen molar-refractivity contribution in [1.29, 1.82) is 0 Å². The van der Waals surface area contributed by atoms with E-state index < -0.39 is 28.6 Å². The topological polar surface area (TPSA) is 137 Å². The first-order chi connectivity index (χ1) is 15.9. The van der Waals surface area contributed by atoms with Gasteiger partial charge in [0.15, 0.2) is 0 Å². The van der Waals surface area contributed by atoms with Crippen LogP contribution in [-0.4, -0.2) is 28.4 Å². The first kappa shape index (κ1) is 25.5. The molecule has 0 aromatic heterocycles. The zero-order valence-corrected chi connectivity index (χ0v) is 20.1. The van der Waals surface area contributed by atoms with E-state index in [-0.39, 0.29) is 27.9 Å². The van der Waals surface area contributed by atoms with Crippen LogP contribution in [0.5, 0.6) is 0 Å². The Balaban J connectivity index is 1.80. The first-order valence-electron chi connectivity index (χ1n) is 11.1. The van der Waals surface area contributed by atoms with Crippen molar-refractivity contribution >= 4 is 34.9 Å². The molecule has 9 nitrogen and oxygen atoms in total. The number of non-ortho nitro benzene ring substituents is 1. The van der Waals surface area contributed by atoms with E-state index in [0.29, 0.717) is 11.3 Å². The SMILES string of the molecule is CC(C)(C)OC(=O)c1ccc(C(N)NC(=O)c2cc([N+](=O)[O-])ccc2NC2CCCC2)c(Cl)c1. The fourth-order valence-electron chi connectivity index (χ4n) is 3.79. The van der Waals surface area contributed by atoms with E-state index in [4.69, 9.17) is 22.1 Å². The summed E-state index contributed by atoms with van der Waals surface area (Å²) in [5, 5.41) is 17.4. The number of nitrogens with one attached hydrogen (secondary N) is 2. The third-order valence-corrected chi connectivity index (χ3v) is 5.76. The van der Waals surface area contributed by atoms with Crippen LogP contribution in [0.3, 0.4) is 0 Å². The van der Waals surface area contributed by atoms with Crippen molar-refractivity contribution in [3.63, 3.8) is 0 Å². The van der Waals surface area contributed by atoms with Crippen molar-refractivity contribution in [1.82, 2.24) is 5.32 Å². The molecule has 0 radical (unpaired) electrons. The Morgan fingerprint density at radius 1 is 1.18 bits per heavy atom. The van der Waals surface area contributed by atoms with Gasteiger partial charge < -0.3 is 21.1 Å². The first-order valence-corrected chi connectivity index (χ1v) is 11.5. The number of anilines is 1. The summed E-state index contributed by atoms with van der Waals surface area (Å²) in [6.45, 7) is 5.28. The van der Waals surface area contributed by atoms with Crippen molar-refractivity contribution in [2.24, 2.45) is 5.73 Å². The molecule has 0 spiro atoms. The lowest BCUT2D eigenvalue weighted by molar-refractivity contribution is -0.384. The molecule has 34 heavy (non-hydrogen) atoms. The van der Waals surface area contributed by atoms with Gasteiger partial charge in [-0.05, 0) is 51.8 Å². The van der Waals surface area contributed by atoms with Crippen molar-refractivity contribution in [2.75, 3.05) is 5.32 Å². The van der Waals surface area contributed by atoms with Gasteiger partial charge in [-0.2, -0.15) is 0 Å². The second-order valence-electron chi connectivity index (χ2n) is 9.30. The third kappa shape index (κ3) is 6.45. The van der Waals surface area contributed by atoms with Gasteiger partial charge in [0.1, 0.15) is 11.8 Å². The quantitative estimate of drug-likeness (QED) is 0.217. The van der Waals surface area contributed by atoms with E-state index in [0.717, 1.165) is 25.7 Å². The van der Waals surface area contributed by atoms with Gasteiger partial charge in [-0.15, -0.1) is 0 Å². The number of esters is 1. The van der Waals surface area contributed by atoms with Crippen molar-refractivity contribution in [2.45, 2.75) is 64.3 Å². The van der Waals surface area contributed by atoms with E-state index in [9.17, 15) is 19.7 Å². The lowest BCUT2D eigenvalue weighted by atomic mass is 10.1. The molecule has 2 aromatic carbocycles. The maximum Gasteiger partial charge on any atom is 0.338 e. The summed E-state index contributed by atoms with van der Waals surface area (Å²) < 4.78 is 5.34. The monoisotopic (exact) mass is 488 g/mol. The van der Waals surface area contributed by atoms with Gasteiger partial charge >= 0.3 is 5.97 Å². The molecule has 0 aliphatic heterocycles. The zero-order chi connectivity index (χ0) is 25.0. The highest BCUT2D eigenvalue weighted by Crippen LogP contribution is 2.28. The molecule has 1 aliphatic rings. The molecule has 1 saturated carbocycles. The summed E-state index contributed by atoms with van der Waals surface area (Å²) in [5.74, 6) is -1.11. The lowest BCUT2D eigenvalue weighted by Crippen LogP contribution is -2.35. The normalized spacial score (nSPS) is 15.0. The van der Waals surface area contributed by atoms with Gasteiger partial charge in [-0.25, -0.2) is 4.79 Å². The van der Waals surface area contributed by atoms with Crippen LogP contribution in [-0.2, 0) is 4.74 Å². The molecule has 1 aliphatic carbocycles. The van der Waals surface area contributed by atoms with Crippen molar-refractivity contribution < 1.29 is 19.2 Å². The van der Waals surface area contributed by atoms with Crippen LogP contribution in [0, 0.1) is 10.1 Å². The molecule has 1 fully saturated rings. The molecule has 1 atom stereocenters. The van der Waals surface area contributed by atoms with Crippen LogP contribution in [0.2, 0.25) is 5.02 Å². The number of hydrogen-bond donors (Lipinski definition) is 3. The highest BCUT2D eigenvalue weighted by atomic mass is 35.5. The average Bonchev–Trinajstić information content (AvgIpc) is 3.25. The predicted octanol–water partition coefficient (Wildman–Crippen LogP) is 4.95. The zero-order valence-electron chi connectivity index (χ0n) is 19.4. The smallest absolute Gasteiger partial charge is 0.338 e.